The van der Waals surface area contributed by atoms with Crippen LogP contribution in [-0.2, 0) is 22.8 Å². The van der Waals surface area contributed by atoms with Gasteiger partial charge < -0.3 is 22.6 Å². The van der Waals surface area contributed by atoms with Crippen molar-refractivity contribution >= 4 is 23.0 Å². The third kappa shape index (κ3) is 9.29. The van der Waals surface area contributed by atoms with Crippen LogP contribution in [0.4, 0.5) is 0 Å². The summed E-state index contributed by atoms with van der Waals surface area (Å²) in [5.41, 5.74) is 0. The van der Waals surface area contributed by atoms with Gasteiger partial charge in [0.1, 0.15) is 8.24 Å². The van der Waals surface area contributed by atoms with Crippen molar-refractivity contribution in [3.05, 3.63) is 0 Å². The maximum atomic E-state index is 11.4. The Hall–Kier alpha value is -0.256. The Labute approximate surface area is 150 Å². The Balaban J connectivity index is 4.71. The van der Waals surface area contributed by atoms with Crippen LogP contribution < -0.4 is 0 Å². The van der Waals surface area contributed by atoms with Gasteiger partial charge >= 0.3 is 14.8 Å². The first-order valence-electron chi connectivity index (χ1n) is 8.98. The second-order valence-corrected chi connectivity index (χ2v) is 14.3. The van der Waals surface area contributed by atoms with E-state index in [9.17, 15) is 4.79 Å². The lowest BCUT2D eigenvalue weighted by atomic mass is 10.4. The highest BCUT2D eigenvalue weighted by atomic mass is 28.4. The van der Waals surface area contributed by atoms with Crippen molar-refractivity contribution < 1.29 is 22.8 Å². The van der Waals surface area contributed by atoms with Crippen molar-refractivity contribution in [3.63, 3.8) is 0 Å². The molecule has 0 spiro atoms. The molecule has 0 N–H and O–H groups in total. The number of methoxy groups -OCH3 is 1. The number of hydrogen-bond acceptors (Lipinski definition) is 6. The van der Waals surface area contributed by atoms with Crippen LogP contribution >= 0.6 is 0 Å². The molecule has 0 rings (SSSR count). The van der Waals surface area contributed by atoms with Gasteiger partial charge in [0.15, 0.2) is 0 Å². The van der Waals surface area contributed by atoms with Gasteiger partial charge in [-0.25, -0.2) is 0 Å². The fourth-order valence-electron chi connectivity index (χ4n) is 2.60. The average Bonchev–Trinajstić information content (AvgIpc) is 2.49. The van der Waals surface area contributed by atoms with E-state index in [1.165, 1.54) is 7.11 Å². The van der Waals surface area contributed by atoms with E-state index in [0.717, 1.165) is 25.6 Å². The Morgan fingerprint density at radius 3 is 1.79 bits per heavy atom. The van der Waals surface area contributed by atoms with E-state index in [1.807, 2.05) is 20.8 Å². The van der Waals surface area contributed by atoms with Crippen molar-refractivity contribution in [2.24, 2.45) is 0 Å². The van der Waals surface area contributed by atoms with Crippen LogP contribution in [0.2, 0.25) is 25.7 Å². The maximum absolute atomic E-state index is 11.4. The molecule has 0 unspecified atom stereocenters. The minimum atomic E-state index is -2.58. The molecular weight excluding hydrogens is 342 g/mol. The molecule has 0 aromatic carbocycles. The van der Waals surface area contributed by atoms with Crippen LogP contribution in [0.1, 0.15) is 33.6 Å². The molecule has 144 valence electrons. The predicted octanol–water partition coefficient (Wildman–Crippen LogP) is 3.12. The van der Waals surface area contributed by atoms with Gasteiger partial charge in [-0.3, -0.25) is 4.79 Å². The van der Waals surface area contributed by atoms with Crippen molar-refractivity contribution in [1.82, 2.24) is 4.57 Å². The zero-order valence-corrected chi connectivity index (χ0v) is 18.6. The third-order valence-electron chi connectivity index (χ3n) is 3.77. The zero-order valence-electron chi connectivity index (χ0n) is 16.6. The van der Waals surface area contributed by atoms with E-state index in [0.29, 0.717) is 26.2 Å². The fourth-order valence-corrected chi connectivity index (χ4v) is 6.80. The van der Waals surface area contributed by atoms with Crippen LogP contribution in [-0.4, -0.2) is 67.6 Å². The smallest absolute Gasteiger partial charge is 0.469 e. The zero-order chi connectivity index (χ0) is 18.6. The van der Waals surface area contributed by atoms with Gasteiger partial charge in [-0.2, -0.15) is 0 Å². The van der Waals surface area contributed by atoms with Gasteiger partial charge in [0.2, 0.25) is 0 Å². The molecule has 24 heavy (non-hydrogen) atoms. The van der Waals surface area contributed by atoms with E-state index >= 15 is 0 Å². The van der Waals surface area contributed by atoms with Crippen LogP contribution in [0, 0.1) is 0 Å². The first-order chi connectivity index (χ1) is 11.2. The topological polar surface area (TPSA) is 57.2 Å². The molecular formula is C16H37NO5Si2. The Kier molecular flexibility index (Phi) is 12.0. The minimum Gasteiger partial charge on any atom is -0.469 e. The van der Waals surface area contributed by atoms with E-state index in [4.69, 9.17) is 18.0 Å². The van der Waals surface area contributed by atoms with Crippen molar-refractivity contribution in [3.8, 4) is 0 Å². The number of nitrogens with zero attached hydrogens (tertiary/aromatic N) is 1. The second kappa shape index (κ2) is 12.2. The van der Waals surface area contributed by atoms with E-state index in [1.54, 1.807) is 0 Å². The molecule has 0 saturated carbocycles. The molecule has 6 nitrogen and oxygen atoms in total. The van der Waals surface area contributed by atoms with Crippen LogP contribution in [0.3, 0.4) is 0 Å². The molecule has 8 heteroatoms. The van der Waals surface area contributed by atoms with Crippen LogP contribution in [0.25, 0.3) is 0 Å². The summed E-state index contributed by atoms with van der Waals surface area (Å²) in [5, 5.41) is 0. The fraction of sp³-hybridized carbons (Fsp3) is 0.938. The van der Waals surface area contributed by atoms with E-state index in [-0.39, 0.29) is 5.97 Å². The number of hydrogen-bond donors (Lipinski definition) is 0. The Morgan fingerprint density at radius 2 is 1.42 bits per heavy atom. The van der Waals surface area contributed by atoms with Gasteiger partial charge in [-0.15, -0.1) is 0 Å². The minimum absolute atomic E-state index is 0.153. The average molecular weight is 380 g/mol. The maximum Gasteiger partial charge on any atom is 0.500 e. The van der Waals surface area contributed by atoms with Crippen LogP contribution in [0.15, 0.2) is 0 Å². The predicted molar refractivity (Wildman–Crippen MR) is 102 cm³/mol. The summed E-state index contributed by atoms with van der Waals surface area (Å²) in [6.07, 6.45) is 1.38. The lowest BCUT2D eigenvalue weighted by Gasteiger charge is -2.35. The van der Waals surface area contributed by atoms with Crippen molar-refractivity contribution in [2.75, 3.05) is 40.0 Å². The van der Waals surface area contributed by atoms with Crippen molar-refractivity contribution in [2.45, 2.75) is 59.3 Å². The lowest BCUT2D eigenvalue weighted by Crippen LogP contribution is -2.49. The molecule has 0 radical (unpaired) electrons. The molecule has 0 aliphatic heterocycles. The van der Waals surface area contributed by atoms with Gasteiger partial charge in [0.05, 0.1) is 13.5 Å². The second-order valence-electron chi connectivity index (χ2n) is 6.57. The largest absolute Gasteiger partial charge is 0.500 e. The molecule has 0 saturated heterocycles. The normalized spacial score (nSPS) is 12.7. The third-order valence-corrected chi connectivity index (χ3v) is 9.26. The molecule has 0 bridgehead atoms. The van der Waals surface area contributed by atoms with E-state index < -0.39 is 17.0 Å². The summed E-state index contributed by atoms with van der Waals surface area (Å²) in [5.74, 6) is -0.153. The lowest BCUT2D eigenvalue weighted by molar-refractivity contribution is -0.140. The Morgan fingerprint density at radius 1 is 0.917 bits per heavy atom. The molecule has 0 amide bonds. The highest BCUT2D eigenvalue weighted by molar-refractivity contribution is 6.73. The first kappa shape index (κ1) is 23.7. The summed E-state index contributed by atoms with van der Waals surface area (Å²) < 4.78 is 24.9. The number of esters is 1. The highest BCUT2D eigenvalue weighted by Crippen LogP contribution is 2.20. The van der Waals surface area contributed by atoms with Gasteiger partial charge in [-0.1, -0.05) is 19.6 Å². The molecule has 0 heterocycles. The van der Waals surface area contributed by atoms with Crippen LogP contribution in [0.5, 0.6) is 0 Å². The SMILES string of the molecule is CCO[Si](CCCN(CCC(=O)OC)[Si](C)(C)C)(OCC)OCC. The van der Waals surface area contributed by atoms with Gasteiger partial charge in [0, 0.05) is 32.4 Å². The summed E-state index contributed by atoms with van der Waals surface area (Å²) in [4.78, 5) is 11.4. The molecule has 0 aliphatic carbocycles. The highest BCUT2D eigenvalue weighted by Gasteiger charge is 2.40. The summed E-state index contributed by atoms with van der Waals surface area (Å²) >= 11 is 0. The number of carbonyl (C=O) groups is 1. The number of rotatable bonds is 14. The summed E-state index contributed by atoms with van der Waals surface area (Å²) in [7, 11) is -2.64. The quantitative estimate of drug-likeness (QED) is 0.341. The molecule has 0 atom stereocenters. The van der Waals surface area contributed by atoms with Crippen molar-refractivity contribution in [1.29, 1.82) is 0 Å². The Bertz CT molecular complexity index is 333. The molecule has 0 aliphatic rings. The first-order valence-corrected chi connectivity index (χ1v) is 14.4. The monoisotopic (exact) mass is 379 g/mol. The molecule has 0 aromatic heterocycles. The van der Waals surface area contributed by atoms with Gasteiger partial charge in [-0.05, 0) is 33.7 Å². The molecule has 0 fully saturated rings. The standard InChI is InChI=1S/C16H37NO5Si2/c1-8-20-24(21-9-2,22-10-3)15-11-13-17(23(5,6)7)14-12-16(18)19-4/h8-15H2,1-7H3. The molecule has 0 aromatic rings. The summed E-state index contributed by atoms with van der Waals surface area (Å²) in [6.45, 7) is 16.3. The van der Waals surface area contributed by atoms with Gasteiger partial charge in [0.25, 0.3) is 0 Å². The number of ether oxygens (including phenoxy) is 1. The number of carbonyl (C=O) groups excluding carboxylic acids is 1. The summed E-state index contributed by atoms with van der Waals surface area (Å²) in [6, 6.07) is 0.807. The van der Waals surface area contributed by atoms with E-state index in [2.05, 4.69) is 24.2 Å².